The quantitative estimate of drug-likeness (QED) is 0.793. The third kappa shape index (κ3) is 4.45. The summed E-state index contributed by atoms with van der Waals surface area (Å²) in [5.41, 5.74) is 8.83. The Kier molecular flexibility index (Phi) is 6.02. The van der Waals surface area contributed by atoms with E-state index in [1.807, 2.05) is 18.2 Å². The summed E-state index contributed by atoms with van der Waals surface area (Å²) >= 11 is 0. The van der Waals surface area contributed by atoms with Crippen molar-refractivity contribution in [3.05, 3.63) is 23.8 Å². The van der Waals surface area contributed by atoms with E-state index in [1.54, 1.807) is 0 Å². The fraction of sp³-hybridized carbons (Fsp3) is 0.529. The van der Waals surface area contributed by atoms with Gasteiger partial charge in [-0.2, -0.15) is 0 Å². The van der Waals surface area contributed by atoms with E-state index in [1.165, 1.54) is 12.8 Å². The van der Waals surface area contributed by atoms with Crippen LogP contribution in [0.4, 0.5) is 11.4 Å². The summed E-state index contributed by atoms with van der Waals surface area (Å²) in [5.74, 6) is 0.378. The van der Waals surface area contributed by atoms with Crippen molar-refractivity contribution in [1.82, 2.24) is 0 Å². The van der Waals surface area contributed by atoms with Crippen LogP contribution in [0.3, 0.4) is 0 Å². The predicted octanol–water partition coefficient (Wildman–Crippen LogP) is 2.84. The van der Waals surface area contributed by atoms with E-state index in [9.17, 15) is 9.59 Å². The van der Waals surface area contributed by atoms with Gasteiger partial charge in [-0.1, -0.05) is 12.8 Å². The Balaban J connectivity index is 0.00000192. The number of nitrogens with one attached hydrogen (secondary N) is 2. The summed E-state index contributed by atoms with van der Waals surface area (Å²) in [4.78, 5) is 23.6. The Bertz CT molecular complexity index is 591. The van der Waals surface area contributed by atoms with Gasteiger partial charge in [-0.25, -0.2) is 0 Å². The number of benzene rings is 1. The number of amides is 2. The number of hydrogen-bond donors (Lipinski definition) is 3. The van der Waals surface area contributed by atoms with E-state index < -0.39 is 0 Å². The van der Waals surface area contributed by atoms with Gasteiger partial charge in [-0.05, 0) is 48.9 Å². The molecule has 2 aliphatic rings. The molecule has 1 saturated carbocycles. The number of aryl methyl sites for hydroxylation is 1. The Labute approximate surface area is 142 Å². The SMILES string of the molecule is Cl.NC1CCCCC1CC(=O)Nc1ccc2c(c1)CCC(=O)N2. The molecular weight excluding hydrogens is 314 g/mol. The number of carbonyl (C=O) groups is 2. The van der Waals surface area contributed by atoms with Crippen LogP contribution in [0.15, 0.2) is 18.2 Å². The number of rotatable bonds is 3. The number of hydrogen-bond acceptors (Lipinski definition) is 3. The summed E-state index contributed by atoms with van der Waals surface area (Å²) < 4.78 is 0. The lowest BCUT2D eigenvalue weighted by molar-refractivity contribution is -0.117. The van der Waals surface area contributed by atoms with E-state index in [2.05, 4.69) is 10.6 Å². The van der Waals surface area contributed by atoms with Crippen molar-refractivity contribution < 1.29 is 9.59 Å². The van der Waals surface area contributed by atoms with Crippen molar-refractivity contribution in [2.24, 2.45) is 11.7 Å². The van der Waals surface area contributed by atoms with Gasteiger partial charge in [-0.15, -0.1) is 12.4 Å². The largest absolute Gasteiger partial charge is 0.327 e. The normalized spacial score (nSPS) is 23.3. The molecule has 5 nitrogen and oxygen atoms in total. The first-order chi connectivity index (χ1) is 10.6. The minimum Gasteiger partial charge on any atom is -0.327 e. The fourth-order valence-corrected chi connectivity index (χ4v) is 3.40. The maximum atomic E-state index is 12.2. The summed E-state index contributed by atoms with van der Waals surface area (Å²) in [5, 5.41) is 5.81. The second-order valence-corrected chi connectivity index (χ2v) is 6.38. The number of anilines is 2. The zero-order valence-corrected chi connectivity index (χ0v) is 14.0. The van der Waals surface area contributed by atoms with E-state index in [-0.39, 0.29) is 30.3 Å². The van der Waals surface area contributed by atoms with Crippen molar-refractivity contribution in [2.45, 2.75) is 51.0 Å². The van der Waals surface area contributed by atoms with Crippen LogP contribution >= 0.6 is 12.4 Å². The zero-order chi connectivity index (χ0) is 15.5. The first-order valence-electron chi connectivity index (χ1n) is 8.10. The molecule has 1 heterocycles. The van der Waals surface area contributed by atoms with E-state index in [0.29, 0.717) is 18.8 Å². The molecule has 1 aliphatic carbocycles. The summed E-state index contributed by atoms with van der Waals surface area (Å²) in [6, 6.07) is 5.79. The third-order valence-electron chi connectivity index (χ3n) is 4.70. The van der Waals surface area contributed by atoms with E-state index >= 15 is 0 Å². The van der Waals surface area contributed by atoms with Crippen LogP contribution in [0, 0.1) is 5.92 Å². The first-order valence-corrected chi connectivity index (χ1v) is 8.10. The highest BCUT2D eigenvalue weighted by Crippen LogP contribution is 2.28. The van der Waals surface area contributed by atoms with Crippen molar-refractivity contribution in [2.75, 3.05) is 10.6 Å². The lowest BCUT2D eigenvalue weighted by Gasteiger charge is -2.28. The summed E-state index contributed by atoms with van der Waals surface area (Å²) in [6.45, 7) is 0. The molecule has 1 fully saturated rings. The van der Waals surface area contributed by atoms with E-state index in [0.717, 1.165) is 36.2 Å². The highest BCUT2D eigenvalue weighted by atomic mass is 35.5. The van der Waals surface area contributed by atoms with Crippen LogP contribution < -0.4 is 16.4 Å². The number of carbonyl (C=O) groups excluding carboxylic acids is 2. The van der Waals surface area contributed by atoms with Gasteiger partial charge in [0.1, 0.15) is 0 Å². The molecule has 0 spiro atoms. The van der Waals surface area contributed by atoms with Gasteiger partial charge in [0, 0.05) is 30.3 Å². The molecule has 6 heteroatoms. The topological polar surface area (TPSA) is 84.2 Å². The minimum atomic E-state index is 0. The van der Waals surface area contributed by atoms with Crippen LogP contribution in [-0.2, 0) is 16.0 Å². The molecule has 2 amide bonds. The fourth-order valence-electron chi connectivity index (χ4n) is 3.40. The second kappa shape index (κ2) is 7.79. The molecule has 23 heavy (non-hydrogen) atoms. The molecule has 1 aliphatic heterocycles. The molecule has 2 unspecified atom stereocenters. The Morgan fingerprint density at radius 1 is 1.26 bits per heavy atom. The lowest BCUT2D eigenvalue weighted by atomic mass is 9.83. The lowest BCUT2D eigenvalue weighted by Crippen LogP contribution is -2.35. The molecule has 0 radical (unpaired) electrons. The average molecular weight is 338 g/mol. The van der Waals surface area contributed by atoms with Gasteiger partial charge in [0.15, 0.2) is 0 Å². The van der Waals surface area contributed by atoms with Crippen LogP contribution in [-0.4, -0.2) is 17.9 Å². The van der Waals surface area contributed by atoms with Crippen LogP contribution in [0.1, 0.15) is 44.1 Å². The Hall–Kier alpha value is -1.59. The maximum Gasteiger partial charge on any atom is 0.224 e. The molecule has 126 valence electrons. The van der Waals surface area contributed by atoms with Gasteiger partial charge >= 0.3 is 0 Å². The van der Waals surface area contributed by atoms with Gasteiger partial charge in [0.25, 0.3) is 0 Å². The van der Waals surface area contributed by atoms with Gasteiger partial charge in [0.05, 0.1) is 0 Å². The minimum absolute atomic E-state index is 0. The van der Waals surface area contributed by atoms with Gasteiger partial charge < -0.3 is 16.4 Å². The van der Waals surface area contributed by atoms with Crippen LogP contribution in [0.5, 0.6) is 0 Å². The molecule has 1 aromatic rings. The zero-order valence-electron chi connectivity index (χ0n) is 13.1. The standard InChI is InChI=1S/C17H23N3O2.ClH/c18-14-4-2-1-3-11(14)10-17(22)19-13-6-7-15-12(9-13)5-8-16(21)20-15;/h6-7,9,11,14H,1-5,8,10,18H2,(H,19,22)(H,20,21);1H. The van der Waals surface area contributed by atoms with Gasteiger partial charge in [0.2, 0.25) is 11.8 Å². The molecule has 4 N–H and O–H groups in total. The molecule has 3 rings (SSSR count). The Morgan fingerprint density at radius 2 is 2.04 bits per heavy atom. The number of nitrogens with two attached hydrogens (primary N) is 1. The average Bonchev–Trinajstić information content (AvgIpc) is 2.50. The van der Waals surface area contributed by atoms with E-state index in [4.69, 9.17) is 5.73 Å². The summed E-state index contributed by atoms with van der Waals surface area (Å²) in [6.07, 6.45) is 6.13. The Morgan fingerprint density at radius 3 is 2.83 bits per heavy atom. The highest BCUT2D eigenvalue weighted by molar-refractivity contribution is 5.95. The van der Waals surface area contributed by atoms with Crippen molar-refractivity contribution in [3.8, 4) is 0 Å². The highest BCUT2D eigenvalue weighted by Gasteiger charge is 2.24. The molecule has 0 bridgehead atoms. The molecule has 1 aromatic carbocycles. The van der Waals surface area contributed by atoms with Crippen molar-refractivity contribution in [3.63, 3.8) is 0 Å². The van der Waals surface area contributed by atoms with Gasteiger partial charge in [-0.3, -0.25) is 9.59 Å². The van der Waals surface area contributed by atoms with Crippen LogP contribution in [0.2, 0.25) is 0 Å². The number of halogens is 1. The smallest absolute Gasteiger partial charge is 0.224 e. The van der Waals surface area contributed by atoms with Crippen molar-refractivity contribution in [1.29, 1.82) is 0 Å². The summed E-state index contributed by atoms with van der Waals surface area (Å²) in [7, 11) is 0. The first kappa shape index (κ1) is 17.8. The third-order valence-corrected chi connectivity index (χ3v) is 4.70. The molecule has 0 saturated heterocycles. The monoisotopic (exact) mass is 337 g/mol. The molecule has 2 atom stereocenters. The molecular formula is C17H24ClN3O2. The maximum absolute atomic E-state index is 12.2. The predicted molar refractivity (Wildman–Crippen MR) is 93.8 cm³/mol. The van der Waals surface area contributed by atoms with Crippen LogP contribution in [0.25, 0.3) is 0 Å². The van der Waals surface area contributed by atoms with Crippen molar-refractivity contribution >= 4 is 35.6 Å². The molecule has 0 aromatic heterocycles. The second-order valence-electron chi connectivity index (χ2n) is 6.38. The number of fused-ring (bicyclic) bond motifs is 1.